The van der Waals surface area contributed by atoms with E-state index in [9.17, 15) is 14.4 Å². The first-order chi connectivity index (χ1) is 8.97. The highest BCUT2D eigenvalue weighted by molar-refractivity contribution is 6.33. The second kappa shape index (κ2) is 4.06. The van der Waals surface area contributed by atoms with Gasteiger partial charge in [-0.2, -0.15) is 5.10 Å². The number of nitrogens with zero attached hydrogens (tertiary/aromatic N) is 3. The van der Waals surface area contributed by atoms with Crippen LogP contribution in [0.5, 0.6) is 0 Å². The van der Waals surface area contributed by atoms with Gasteiger partial charge in [0.15, 0.2) is 5.69 Å². The van der Waals surface area contributed by atoms with Crippen LogP contribution in [0.25, 0.3) is 0 Å². The van der Waals surface area contributed by atoms with Crippen molar-refractivity contribution in [2.45, 2.75) is 0 Å². The Balaban J connectivity index is 1.82. The molecule has 0 saturated carbocycles. The summed E-state index contributed by atoms with van der Waals surface area (Å²) >= 11 is 5.92. The van der Waals surface area contributed by atoms with Crippen LogP contribution in [0.4, 0.5) is 0 Å². The largest absolute Gasteiger partial charge is 0.336 e. The number of hydrogen-bond acceptors (Lipinski definition) is 4. The summed E-state index contributed by atoms with van der Waals surface area (Å²) in [5.41, 5.74) is 0.150. The summed E-state index contributed by atoms with van der Waals surface area (Å²) in [6, 6.07) is 0. The zero-order valence-corrected chi connectivity index (χ0v) is 10.8. The molecule has 3 rings (SSSR count). The van der Waals surface area contributed by atoms with Crippen LogP contribution in [0.2, 0.25) is 5.02 Å². The number of imide groups is 1. The van der Waals surface area contributed by atoms with E-state index < -0.39 is 11.8 Å². The summed E-state index contributed by atoms with van der Waals surface area (Å²) in [6.45, 7) is 0.460. The van der Waals surface area contributed by atoms with Gasteiger partial charge in [0.2, 0.25) is 11.8 Å². The topological polar surface area (TPSA) is 84.3 Å². The fourth-order valence-electron chi connectivity index (χ4n) is 2.56. The molecule has 2 fully saturated rings. The molecule has 8 heteroatoms. The van der Waals surface area contributed by atoms with Gasteiger partial charge < -0.3 is 4.90 Å². The molecule has 2 aliphatic heterocycles. The minimum atomic E-state index is -0.445. The van der Waals surface area contributed by atoms with Gasteiger partial charge >= 0.3 is 0 Å². The number of hydrogen-bond donors (Lipinski definition) is 1. The van der Waals surface area contributed by atoms with E-state index in [1.165, 1.54) is 15.8 Å². The summed E-state index contributed by atoms with van der Waals surface area (Å²) < 4.78 is 1.45. The van der Waals surface area contributed by atoms with Crippen LogP contribution in [-0.4, -0.2) is 45.5 Å². The van der Waals surface area contributed by atoms with Gasteiger partial charge in [0.05, 0.1) is 16.9 Å². The normalized spacial score (nSPS) is 25.7. The van der Waals surface area contributed by atoms with Gasteiger partial charge in [0.25, 0.3) is 5.91 Å². The minimum absolute atomic E-state index is 0.150. The number of halogens is 1. The predicted octanol–water partition coefficient (Wildman–Crippen LogP) is -0.582. The summed E-state index contributed by atoms with van der Waals surface area (Å²) in [4.78, 5) is 36.8. The van der Waals surface area contributed by atoms with Crippen molar-refractivity contribution < 1.29 is 14.4 Å². The Bertz CT molecular complexity index is 575. The zero-order chi connectivity index (χ0) is 13.7. The Kier molecular flexibility index (Phi) is 2.60. The predicted molar refractivity (Wildman–Crippen MR) is 64.3 cm³/mol. The Morgan fingerprint density at radius 1 is 1.37 bits per heavy atom. The molecule has 1 aromatic rings. The smallest absolute Gasteiger partial charge is 0.275 e. The van der Waals surface area contributed by atoms with E-state index in [1.54, 1.807) is 7.05 Å². The van der Waals surface area contributed by atoms with Crippen molar-refractivity contribution in [2.24, 2.45) is 18.9 Å². The zero-order valence-electron chi connectivity index (χ0n) is 10.1. The number of aromatic nitrogens is 2. The monoisotopic (exact) mass is 282 g/mol. The highest BCUT2D eigenvalue weighted by Gasteiger charge is 2.49. The molecule has 7 nitrogen and oxygen atoms in total. The maximum absolute atomic E-state index is 12.2. The summed E-state index contributed by atoms with van der Waals surface area (Å²) in [6.07, 6.45) is 1.53. The number of carbonyl (C=O) groups excluding carboxylic acids is 3. The fourth-order valence-corrected chi connectivity index (χ4v) is 2.82. The van der Waals surface area contributed by atoms with Gasteiger partial charge in [-0.05, 0) is 0 Å². The average molecular weight is 283 g/mol. The van der Waals surface area contributed by atoms with E-state index in [2.05, 4.69) is 10.4 Å². The first-order valence-corrected chi connectivity index (χ1v) is 6.18. The van der Waals surface area contributed by atoms with E-state index >= 15 is 0 Å². The van der Waals surface area contributed by atoms with E-state index in [0.29, 0.717) is 0 Å². The molecular weight excluding hydrogens is 272 g/mol. The standard InChI is InChI=1S/C11H11ClN4O3/c1-15-4-7(12)8(14-15)11(19)16-2-5-6(3-16)10(18)13-9(5)17/h4-6H,2-3H2,1H3,(H,13,17,18)/t5-,6+. The van der Waals surface area contributed by atoms with Crippen molar-refractivity contribution in [3.63, 3.8) is 0 Å². The average Bonchev–Trinajstić information content (AvgIpc) is 2.97. The van der Waals surface area contributed by atoms with E-state index in [1.807, 2.05) is 0 Å². The molecule has 1 N–H and O–H groups in total. The minimum Gasteiger partial charge on any atom is -0.336 e. The van der Waals surface area contributed by atoms with E-state index in [-0.39, 0.29) is 41.5 Å². The van der Waals surface area contributed by atoms with Gasteiger partial charge in [-0.15, -0.1) is 0 Å². The van der Waals surface area contributed by atoms with Crippen LogP contribution < -0.4 is 5.32 Å². The van der Waals surface area contributed by atoms with Gasteiger partial charge in [-0.1, -0.05) is 11.6 Å². The number of rotatable bonds is 1. The molecule has 19 heavy (non-hydrogen) atoms. The molecule has 0 unspecified atom stereocenters. The van der Waals surface area contributed by atoms with Crippen LogP contribution >= 0.6 is 11.6 Å². The lowest BCUT2D eigenvalue weighted by Crippen LogP contribution is -2.35. The van der Waals surface area contributed by atoms with E-state index in [4.69, 9.17) is 11.6 Å². The first-order valence-electron chi connectivity index (χ1n) is 5.80. The quantitative estimate of drug-likeness (QED) is 0.698. The molecular formula is C11H11ClN4O3. The lowest BCUT2D eigenvalue weighted by Gasteiger charge is -2.15. The summed E-state index contributed by atoms with van der Waals surface area (Å²) in [7, 11) is 1.67. The lowest BCUT2D eigenvalue weighted by molar-refractivity contribution is -0.126. The first kappa shape index (κ1) is 12.2. The molecule has 0 aromatic carbocycles. The van der Waals surface area contributed by atoms with Crippen LogP contribution in [0.1, 0.15) is 10.5 Å². The SMILES string of the molecule is Cn1cc(Cl)c(C(=O)N2C[C@@H]3C(=O)NC(=O)[C@@H]3C2)n1. The van der Waals surface area contributed by atoms with Crippen molar-refractivity contribution in [1.82, 2.24) is 20.0 Å². The Morgan fingerprint density at radius 2 is 1.95 bits per heavy atom. The van der Waals surface area contributed by atoms with Crippen LogP contribution in [0.15, 0.2) is 6.20 Å². The molecule has 3 amide bonds. The van der Waals surface area contributed by atoms with Crippen molar-refractivity contribution in [3.8, 4) is 0 Å². The lowest BCUT2D eigenvalue weighted by atomic mass is 10.00. The number of fused-ring (bicyclic) bond motifs is 1. The van der Waals surface area contributed by atoms with Gasteiger partial charge in [-0.3, -0.25) is 24.4 Å². The maximum Gasteiger partial charge on any atom is 0.275 e. The second-order valence-corrected chi connectivity index (χ2v) is 5.18. The molecule has 0 aliphatic carbocycles. The number of nitrogens with one attached hydrogen (secondary N) is 1. The molecule has 2 atom stereocenters. The molecule has 0 bridgehead atoms. The van der Waals surface area contributed by atoms with Crippen molar-refractivity contribution in [1.29, 1.82) is 0 Å². The van der Waals surface area contributed by atoms with Crippen molar-refractivity contribution in [3.05, 3.63) is 16.9 Å². The van der Waals surface area contributed by atoms with Crippen molar-refractivity contribution in [2.75, 3.05) is 13.1 Å². The van der Waals surface area contributed by atoms with Gasteiger partial charge in [-0.25, -0.2) is 0 Å². The molecule has 100 valence electrons. The maximum atomic E-state index is 12.2. The number of carbonyl (C=O) groups is 3. The highest BCUT2D eigenvalue weighted by Crippen LogP contribution is 2.29. The fraction of sp³-hybridized carbons (Fsp3) is 0.455. The molecule has 0 radical (unpaired) electrons. The molecule has 2 saturated heterocycles. The Hall–Kier alpha value is -1.89. The highest BCUT2D eigenvalue weighted by atomic mass is 35.5. The number of amides is 3. The Labute approximate surface area is 113 Å². The third kappa shape index (κ3) is 1.81. The molecule has 0 spiro atoms. The second-order valence-electron chi connectivity index (χ2n) is 4.78. The molecule has 2 aliphatic rings. The van der Waals surface area contributed by atoms with Crippen molar-refractivity contribution >= 4 is 29.3 Å². The van der Waals surface area contributed by atoms with Gasteiger partial charge in [0.1, 0.15) is 0 Å². The molecule has 3 heterocycles. The molecule has 1 aromatic heterocycles. The number of aryl methyl sites for hydroxylation is 1. The Morgan fingerprint density at radius 3 is 2.42 bits per heavy atom. The van der Waals surface area contributed by atoms with Crippen LogP contribution in [0.3, 0.4) is 0 Å². The van der Waals surface area contributed by atoms with Gasteiger partial charge in [0, 0.05) is 26.3 Å². The third-order valence-electron chi connectivity index (χ3n) is 3.51. The number of likely N-dealkylation sites (tertiary alicyclic amines) is 1. The van der Waals surface area contributed by atoms with Crippen LogP contribution in [0, 0.1) is 11.8 Å². The summed E-state index contributed by atoms with van der Waals surface area (Å²) in [5.74, 6) is -1.85. The van der Waals surface area contributed by atoms with E-state index in [0.717, 1.165) is 0 Å². The summed E-state index contributed by atoms with van der Waals surface area (Å²) in [5, 5.41) is 6.53. The van der Waals surface area contributed by atoms with Crippen LogP contribution in [-0.2, 0) is 16.6 Å². The third-order valence-corrected chi connectivity index (χ3v) is 3.79.